The number of hydrogen-bond donors (Lipinski definition) is 3. The average molecular weight is 392 g/mol. The van der Waals surface area contributed by atoms with E-state index in [1.807, 2.05) is 12.1 Å². The van der Waals surface area contributed by atoms with Crippen LogP contribution in [0.2, 0.25) is 0 Å². The molecule has 5 heteroatoms. The number of hydrogen-bond acceptors (Lipinski definition) is 4. The summed E-state index contributed by atoms with van der Waals surface area (Å²) in [7, 11) is 0. The lowest BCUT2D eigenvalue weighted by atomic mass is 9.53. The van der Waals surface area contributed by atoms with Crippen LogP contribution in [0.3, 0.4) is 0 Å². The number of carbonyl (C=O) groups is 1. The van der Waals surface area contributed by atoms with Gasteiger partial charge in [-0.2, -0.15) is 0 Å². The average Bonchev–Trinajstić information content (AvgIpc) is 3.12. The highest BCUT2D eigenvalue weighted by atomic mass is 16.5. The van der Waals surface area contributed by atoms with Crippen molar-refractivity contribution in [2.75, 3.05) is 0 Å². The van der Waals surface area contributed by atoms with Crippen LogP contribution in [-0.2, 0) is 23.2 Å². The zero-order chi connectivity index (χ0) is 20.0. The molecule has 3 aliphatic rings. The van der Waals surface area contributed by atoms with Gasteiger partial charge in [0.2, 0.25) is 6.41 Å². The lowest BCUT2D eigenvalue weighted by Gasteiger charge is -2.53. The van der Waals surface area contributed by atoms with Gasteiger partial charge in [0.25, 0.3) is 0 Å². The van der Waals surface area contributed by atoms with Gasteiger partial charge in [0.05, 0.1) is 0 Å². The van der Waals surface area contributed by atoms with E-state index in [9.17, 15) is 9.90 Å². The fourth-order valence-corrected chi connectivity index (χ4v) is 6.29. The Bertz CT molecular complexity index is 916. The number of carbonyl (C=O) groups excluding carboxylic acids is 1. The van der Waals surface area contributed by atoms with Gasteiger partial charge in [-0.25, -0.2) is 0 Å². The van der Waals surface area contributed by atoms with Crippen LogP contribution in [0.15, 0.2) is 42.5 Å². The summed E-state index contributed by atoms with van der Waals surface area (Å²) < 4.78 is 6.53. The number of rotatable bonds is 6. The largest absolute Gasteiger partial charge is 0.504 e. The van der Waals surface area contributed by atoms with Crippen LogP contribution in [0.5, 0.6) is 11.5 Å². The predicted molar refractivity (Wildman–Crippen MR) is 111 cm³/mol. The van der Waals surface area contributed by atoms with E-state index < -0.39 is 0 Å². The molecule has 1 aliphatic heterocycles. The molecule has 1 fully saturated rings. The van der Waals surface area contributed by atoms with E-state index in [1.165, 1.54) is 16.7 Å². The van der Waals surface area contributed by atoms with E-state index in [0.717, 1.165) is 38.6 Å². The molecule has 2 aromatic carbocycles. The van der Waals surface area contributed by atoms with Gasteiger partial charge in [0.1, 0.15) is 6.10 Å². The molecule has 1 heterocycles. The quantitative estimate of drug-likeness (QED) is 0.661. The molecule has 29 heavy (non-hydrogen) atoms. The van der Waals surface area contributed by atoms with Gasteiger partial charge >= 0.3 is 0 Å². The zero-order valence-electron chi connectivity index (χ0n) is 16.7. The van der Waals surface area contributed by atoms with Crippen molar-refractivity contribution in [1.29, 1.82) is 0 Å². The number of benzene rings is 2. The Morgan fingerprint density at radius 2 is 2.00 bits per heavy atom. The van der Waals surface area contributed by atoms with Crippen molar-refractivity contribution < 1.29 is 14.6 Å². The fourth-order valence-electron chi connectivity index (χ4n) is 6.29. The summed E-state index contributed by atoms with van der Waals surface area (Å²) in [5.74, 6) is 1.21. The SMILES string of the molecule is CC[C@@]12c3c4ccc(O)c3OC1[C@H](NCc1ccccc1)CCC2C(NC=O)C4. The highest BCUT2D eigenvalue weighted by molar-refractivity contribution is 5.61. The first-order chi connectivity index (χ1) is 14.2. The Kier molecular flexibility index (Phi) is 4.50. The summed E-state index contributed by atoms with van der Waals surface area (Å²) in [6.07, 6.45) is 4.53. The van der Waals surface area contributed by atoms with Crippen LogP contribution in [-0.4, -0.2) is 29.7 Å². The normalized spacial score (nSPS) is 31.6. The second-order valence-corrected chi connectivity index (χ2v) is 8.63. The van der Waals surface area contributed by atoms with Crippen LogP contribution in [0, 0.1) is 5.92 Å². The second-order valence-electron chi connectivity index (χ2n) is 8.63. The van der Waals surface area contributed by atoms with Gasteiger partial charge in [0, 0.05) is 29.6 Å². The van der Waals surface area contributed by atoms with Crippen molar-refractivity contribution in [1.82, 2.24) is 10.6 Å². The maximum Gasteiger partial charge on any atom is 0.207 e. The van der Waals surface area contributed by atoms with E-state index in [1.54, 1.807) is 6.07 Å². The van der Waals surface area contributed by atoms with Crippen molar-refractivity contribution in [3.63, 3.8) is 0 Å². The monoisotopic (exact) mass is 392 g/mol. The third-order valence-corrected chi connectivity index (χ3v) is 7.46. The van der Waals surface area contributed by atoms with Crippen LogP contribution < -0.4 is 15.4 Å². The lowest BCUT2D eigenvalue weighted by Crippen LogP contribution is -2.64. The van der Waals surface area contributed by atoms with Gasteiger partial charge in [-0.05, 0) is 48.8 Å². The fraction of sp³-hybridized carbons (Fsp3) is 0.458. The van der Waals surface area contributed by atoms with E-state index >= 15 is 0 Å². The number of ether oxygens (including phenoxy) is 1. The highest BCUT2D eigenvalue weighted by Gasteiger charge is 2.62. The van der Waals surface area contributed by atoms with E-state index in [4.69, 9.17) is 4.74 Å². The van der Waals surface area contributed by atoms with Crippen LogP contribution >= 0.6 is 0 Å². The van der Waals surface area contributed by atoms with Crippen LogP contribution in [0.4, 0.5) is 0 Å². The third kappa shape index (κ3) is 2.67. The minimum absolute atomic E-state index is 0.0479. The molecule has 3 N–H and O–H groups in total. The first-order valence-electron chi connectivity index (χ1n) is 10.7. The van der Waals surface area contributed by atoms with E-state index in [-0.39, 0.29) is 29.4 Å². The van der Waals surface area contributed by atoms with Crippen LogP contribution in [0.25, 0.3) is 0 Å². The molecule has 2 aliphatic carbocycles. The highest BCUT2D eigenvalue weighted by Crippen LogP contribution is 2.61. The summed E-state index contributed by atoms with van der Waals surface area (Å²) in [6.45, 7) is 3.01. The molecule has 3 unspecified atom stereocenters. The van der Waals surface area contributed by atoms with Gasteiger partial charge in [-0.3, -0.25) is 4.79 Å². The van der Waals surface area contributed by atoms with Crippen molar-refractivity contribution >= 4 is 6.41 Å². The first-order valence-corrected chi connectivity index (χ1v) is 10.7. The summed E-state index contributed by atoms with van der Waals surface area (Å²) >= 11 is 0. The molecule has 5 atom stereocenters. The molecule has 5 rings (SSSR count). The molecule has 1 saturated carbocycles. The number of nitrogens with one attached hydrogen (secondary N) is 2. The summed E-state index contributed by atoms with van der Waals surface area (Å²) in [5, 5.41) is 17.4. The van der Waals surface area contributed by atoms with E-state index in [2.05, 4.69) is 41.8 Å². The Labute approximate surface area is 171 Å². The molecule has 152 valence electrons. The van der Waals surface area contributed by atoms with Gasteiger partial charge in [-0.1, -0.05) is 43.3 Å². The Hall–Kier alpha value is -2.53. The van der Waals surface area contributed by atoms with Crippen molar-refractivity contribution in [3.8, 4) is 11.5 Å². The van der Waals surface area contributed by atoms with Gasteiger partial charge in [-0.15, -0.1) is 0 Å². The van der Waals surface area contributed by atoms with Crippen molar-refractivity contribution in [2.45, 2.75) is 62.8 Å². The number of aromatic hydroxyl groups is 1. The van der Waals surface area contributed by atoms with Crippen LogP contribution in [0.1, 0.15) is 42.9 Å². The van der Waals surface area contributed by atoms with Crippen molar-refractivity contribution in [3.05, 3.63) is 59.2 Å². The summed E-state index contributed by atoms with van der Waals surface area (Å²) in [4.78, 5) is 11.3. The van der Waals surface area contributed by atoms with Crippen molar-refractivity contribution in [2.24, 2.45) is 5.92 Å². The zero-order valence-corrected chi connectivity index (χ0v) is 16.7. The first kappa shape index (κ1) is 18.5. The molecular formula is C24H28N2O3. The molecule has 0 aromatic heterocycles. The van der Waals surface area contributed by atoms with E-state index in [0.29, 0.717) is 11.7 Å². The minimum Gasteiger partial charge on any atom is -0.504 e. The predicted octanol–water partition coefficient (Wildman–Crippen LogP) is 3.04. The molecule has 5 nitrogen and oxygen atoms in total. The Morgan fingerprint density at radius 3 is 2.76 bits per heavy atom. The number of amides is 1. The lowest BCUT2D eigenvalue weighted by molar-refractivity contribution is -0.111. The maximum absolute atomic E-state index is 11.3. The Balaban J connectivity index is 1.54. The maximum atomic E-state index is 11.3. The minimum atomic E-state index is -0.186. The molecule has 0 spiro atoms. The molecule has 0 radical (unpaired) electrons. The summed E-state index contributed by atoms with van der Waals surface area (Å²) in [6, 6.07) is 14.5. The molecule has 1 amide bonds. The van der Waals surface area contributed by atoms with Gasteiger partial charge < -0.3 is 20.5 Å². The number of phenols is 1. The molecule has 0 bridgehead atoms. The third-order valence-electron chi connectivity index (χ3n) is 7.46. The molecular weight excluding hydrogens is 364 g/mol. The molecule has 2 aromatic rings. The standard InChI is InChI=1S/C24H28N2O3/c1-2-24-17-9-10-18(25-13-15-6-4-3-5-7-15)23(24)29-22-20(28)11-8-16(21(22)24)12-19(17)26-14-27/h3-8,11,14,17-19,23,25,28H,2,9-10,12-13H2,1H3,(H,26,27)/t17?,18-,19?,23?,24-/m1/s1. The summed E-state index contributed by atoms with van der Waals surface area (Å²) in [5.41, 5.74) is 3.45. The van der Waals surface area contributed by atoms with Gasteiger partial charge in [0.15, 0.2) is 11.5 Å². The smallest absolute Gasteiger partial charge is 0.207 e. The second kappa shape index (κ2) is 7.06. The molecule has 0 saturated heterocycles. The Morgan fingerprint density at radius 1 is 1.17 bits per heavy atom. The number of phenolic OH excluding ortho intramolecular Hbond substituents is 1. The topological polar surface area (TPSA) is 70.6 Å².